The largest absolute Gasteiger partial charge is 0.312 e. The number of nitrogens with zero attached hydrogens (tertiary/aromatic N) is 1. The van der Waals surface area contributed by atoms with Crippen molar-refractivity contribution in [3.63, 3.8) is 0 Å². The maximum Gasteiger partial charge on any atom is 0.242 e. The highest BCUT2D eigenvalue weighted by Gasteiger charge is 2.24. The minimum atomic E-state index is -3.47. The van der Waals surface area contributed by atoms with Gasteiger partial charge in [0.1, 0.15) is 4.90 Å². The Labute approximate surface area is 132 Å². The molecule has 1 unspecified atom stereocenters. The predicted octanol–water partition coefficient (Wildman–Crippen LogP) is 1.78. The fourth-order valence-corrected chi connectivity index (χ4v) is 5.27. The Balaban J connectivity index is 2.89. The fraction of sp³-hybridized carbons (Fsp3) is 0.714. The summed E-state index contributed by atoms with van der Waals surface area (Å²) in [4.78, 5) is 3.30. The molecule has 2 N–H and O–H groups in total. The summed E-state index contributed by atoms with van der Waals surface area (Å²) in [7, 11) is 0.396. The second kappa shape index (κ2) is 8.24. The predicted molar refractivity (Wildman–Crippen MR) is 89.4 cm³/mol. The molecule has 0 aromatic carbocycles. The average molecular weight is 334 g/mol. The van der Waals surface area contributed by atoms with Crippen molar-refractivity contribution in [1.29, 1.82) is 0 Å². The smallest absolute Gasteiger partial charge is 0.242 e. The van der Waals surface area contributed by atoms with Crippen molar-refractivity contribution >= 4 is 21.4 Å². The average Bonchev–Trinajstić information content (AvgIpc) is 2.69. The van der Waals surface area contributed by atoms with Gasteiger partial charge in [-0.2, -0.15) is 0 Å². The van der Waals surface area contributed by atoms with E-state index in [9.17, 15) is 8.42 Å². The van der Waals surface area contributed by atoms with E-state index >= 15 is 0 Å². The number of hydrogen-bond acceptors (Lipinski definition) is 5. The zero-order chi connectivity index (χ0) is 16.0. The van der Waals surface area contributed by atoms with Gasteiger partial charge in [0, 0.05) is 24.0 Å². The fourth-order valence-electron chi connectivity index (χ4n) is 2.26. The third kappa shape index (κ3) is 5.67. The number of nitrogens with one attached hydrogen (secondary N) is 2. The van der Waals surface area contributed by atoms with Gasteiger partial charge in [0.2, 0.25) is 10.0 Å². The van der Waals surface area contributed by atoms with E-state index in [4.69, 9.17) is 0 Å². The van der Waals surface area contributed by atoms with E-state index in [2.05, 4.69) is 17.0 Å². The number of rotatable bonds is 9. The van der Waals surface area contributed by atoms with Crippen LogP contribution in [-0.4, -0.2) is 46.5 Å². The van der Waals surface area contributed by atoms with Crippen molar-refractivity contribution in [2.45, 2.75) is 44.7 Å². The van der Waals surface area contributed by atoms with Gasteiger partial charge in [-0.15, -0.1) is 11.3 Å². The van der Waals surface area contributed by atoms with Crippen LogP contribution in [0, 0.1) is 6.92 Å². The van der Waals surface area contributed by atoms with Crippen molar-refractivity contribution in [1.82, 2.24) is 14.9 Å². The van der Waals surface area contributed by atoms with Crippen LogP contribution in [0.4, 0.5) is 0 Å². The second-order valence-electron chi connectivity index (χ2n) is 5.63. The van der Waals surface area contributed by atoms with E-state index in [1.165, 1.54) is 11.3 Å². The molecule has 122 valence electrons. The highest BCUT2D eigenvalue weighted by atomic mass is 32.2. The van der Waals surface area contributed by atoms with E-state index in [1.54, 1.807) is 0 Å². The second-order valence-corrected chi connectivity index (χ2v) is 8.25. The normalized spacial score (nSPS) is 13.8. The Morgan fingerprint density at radius 2 is 2.05 bits per heavy atom. The molecule has 7 heteroatoms. The molecule has 0 aliphatic heterocycles. The van der Waals surface area contributed by atoms with E-state index in [1.807, 2.05) is 38.2 Å². The number of aryl methyl sites for hydroxylation is 1. The van der Waals surface area contributed by atoms with Crippen LogP contribution in [0.3, 0.4) is 0 Å². The van der Waals surface area contributed by atoms with E-state index < -0.39 is 10.0 Å². The van der Waals surface area contributed by atoms with Gasteiger partial charge in [0.15, 0.2) is 0 Å². The molecule has 0 saturated heterocycles. The van der Waals surface area contributed by atoms with Gasteiger partial charge in [0.25, 0.3) is 0 Å². The number of thiophene rings is 1. The molecule has 1 rings (SSSR count). The summed E-state index contributed by atoms with van der Waals surface area (Å²) < 4.78 is 28.0. The van der Waals surface area contributed by atoms with E-state index in [-0.39, 0.29) is 6.04 Å². The first-order chi connectivity index (χ1) is 9.77. The van der Waals surface area contributed by atoms with Gasteiger partial charge in [-0.05, 0) is 51.9 Å². The molecule has 1 atom stereocenters. The summed E-state index contributed by atoms with van der Waals surface area (Å²) >= 11 is 1.50. The van der Waals surface area contributed by atoms with Crippen LogP contribution < -0.4 is 10.0 Å². The quantitative estimate of drug-likeness (QED) is 0.676. The van der Waals surface area contributed by atoms with Crippen LogP contribution in [0.2, 0.25) is 0 Å². The summed E-state index contributed by atoms with van der Waals surface area (Å²) in [6.45, 7) is 7.99. The Kier molecular flexibility index (Phi) is 7.29. The Bertz CT molecular complexity index is 538. The minimum absolute atomic E-state index is 0.124. The molecule has 0 spiro atoms. The zero-order valence-corrected chi connectivity index (χ0v) is 15.2. The molecule has 0 saturated carbocycles. The van der Waals surface area contributed by atoms with Gasteiger partial charge in [0.05, 0.1) is 0 Å². The molecular weight excluding hydrogens is 306 g/mol. The first kappa shape index (κ1) is 18.6. The molecule has 5 nitrogen and oxygen atoms in total. The monoisotopic (exact) mass is 333 g/mol. The highest BCUT2D eigenvalue weighted by Crippen LogP contribution is 2.26. The van der Waals surface area contributed by atoms with Crippen LogP contribution in [0.1, 0.15) is 30.7 Å². The minimum Gasteiger partial charge on any atom is -0.312 e. The standard InChI is InChI=1S/C14H27N3O2S2/c1-6-7-15-8-13-14(11(2)10-20-13)21(18,19)16-12(3)9-17(4)5/h10,12,15-16H,6-9H2,1-5H3. The van der Waals surface area contributed by atoms with Crippen molar-refractivity contribution in [2.24, 2.45) is 0 Å². The molecule has 0 fully saturated rings. The molecule has 0 amide bonds. The van der Waals surface area contributed by atoms with E-state index in [0.29, 0.717) is 18.0 Å². The van der Waals surface area contributed by atoms with Gasteiger partial charge >= 0.3 is 0 Å². The molecule has 1 aromatic rings. The third-order valence-electron chi connectivity index (χ3n) is 2.97. The van der Waals surface area contributed by atoms with Crippen molar-refractivity contribution < 1.29 is 8.42 Å². The van der Waals surface area contributed by atoms with Crippen LogP contribution >= 0.6 is 11.3 Å². The van der Waals surface area contributed by atoms with E-state index in [0.717, 1.165) is 23.4 Å². The topological polar surface area (TPSA) is 61.4 Å². The van der Waals surface area contributed by atoms with Crippen LogP contribution in [0.15, 0.2) is 10.3 Å². The number of sulfonamides is 1. The lowest BCUT2D eigenvalue weighted by atomic mass is 10.3. The van der Waals surface area contributed by atoms with Crippen LogP contribution in [-0.2, 0) is 16.6 Å². The van der Waals surface area contributed by atoms with Crippen LogP contribution in [0.25, 0.3) is 0 Å². The summed E-state index contributed by atoms with van der Waals surface area (Å²) in [5.41, 5.74) is 0.817. The molecule has 0 aliphatic rings. The molecule has 1 heterocycles. The van der Waals surface area contributed by atoms with Gasteiger partial charge in [-0.3, -0.25) is 0 Å². The molecular formula is C14H27N3O2S2. The summed E-state index contributed by atoms with van der Waals surface area (Å²) in [6, 6.07) is -0.124. The molecule has 1 aromatic heterocycles. The van der Waals surface area contributed by atoms with Gasteiger partial charge in [-0.1, -0.05) is 6.92 Å². The number of hydrogen-bond donors (Lipinski definition) is 2. The Morgan fingerprint density at radius 3 is 2.62 bits per heavy atom. The van der Waals surface area contributed by atoms with Crippen molar-refractivity contribution in [3.8, 4) is 0 Å². The lowest BCUT2D eigenvalue weighted by molar-refractivity contribution is 0.370. The zero-order valence-electron chi connectivity index (χ0n) is 13.6. The molecule has 0 aliphatic carbocycles. The van der Waals surface area contributed by atoms with Crippen LogP contribution in [0.5, 0.6) is 0 Å². The first-order valence-corrected chi connectivity index (χ1v) is 9.59. The first-order valence-electron chi connectivity index (χ1n) is 7.22. The van der Waals surface area contributed by atoms with Crippen molar-refractivity contribution in [2.75, 3.05) is 27.2 Å². The Hall–Kier alpha value is -0.470. The lowest BCUT2D eigenvalue weighted by Crippen LogP contribution is -2.39. The molecule has 0 radical (unpaired) electrons. The highest BCUT2D eigenvalue weighted by molar-refractivity contribution is 7.89. The Morgan fingerprint density at radius 1 is 1.38 bits per heavy atom. The summed E-state index contributed by atoms with van der Waals surface area (Å²) in [5.74, 6) is 0. The lowest BCUT2D eigenvalue weighted by Gasteiger charge is -2.19. The maximum atomic E-state index is 12.6. The molecule has 21 heavy (non-hydrogen) atoms. The third-order valence-corrected chi connectivity index (χ3v) is 6.02. The van der Waals surface area contributed by atoms with Gasteiger partial charge in [-0.25, -0.2) is 13.1 Å². The van der Waals surface area contributed by atoms with Gasteiger partial charge < -0.3 is 10.2 Å². The molecule has 0 bridgehead atoms. The summed E-state index contributed by atoms with van der Waals surface area (Å²) in [5, 5.41) is 5.18. The maximum absolute atomic E-state index is 12.6. The SMILES string of the molecule is CCCNCc1scc(C)c1S(=O)(=O)NC(C)CN(C)C. The summed E-state index contributed by atoms with van der Waals surface area (Å²) in [6.07, 6.45) is 1.03. The van der Waals surface area contributed by atoms with Crippen molar-refractivity contribution in [3.05, 3.63) is 15.8 Å². The number of likely N-dealkylation sites (N-methyl/N-ethyl adjacent to an activating group) is 1.